The molecule has 18 heavy (non-hydrogen) atoms. The average molecular weight is 275 g/mol. The summed E-state index contributed by atoms with van der Waals surface area (Å²) in [6, 6.07) is 0. The molecule has 0 heterocycles. The Morgan fingerprint density at radius 1 is 1.06 bits per heavy atom. The van der Waals surface area contributed by atoms with E-state index in [1.807, 2.05) is 0 Å². The molecule has 0 aromatic heterocycles. The second-order valence-corrected chi connectivity index (χ2v) is 11.7. The Morgan fingerprint density at radius 2 is 1.61 bits per heavy atom. The molecule has 0 rings (SSSR count). The second kappa shape index (κ2) is 8.34. The van der Waals surface area contributed by atoms with Crippen LogP contribution < -0.4 is 0 Å². The van der Waals surface area contributed by atoms with Gasteiger partial charge in [0.05, 0.1) is 6.10 Å². The fourth-order valence-electron chi connectivity index (χ4n) is 1.64. The second-order valence-electron chi connectivity index (χ2n) is 6.90. The van der Waals surface area contributed by atoms with Gasteiger partial charge in [0, 0.05) is 6.61 Å². The van der Waals surface area contributed by atoms with Gasteiger partial charge in [0.1, 0.15) is 0 Å². The summed E-state index contributed by atoms with van der Waals surface area (Å²) in [5.41, 5.74) is 0. The fraction of sp³-hybridized carbons (Fsp3) is 1.00. The van der Waals surface area contributed by atoms with Crippen molar-refractivity contribution in [2.75, 3.05) is 6.61 Å². The highest BCUT2D eigenvalue weighted by atomic mass is 28.4. The van der Waals surface area contributed by atoms with Gasteiger partial charge in [-0.25, -0.2) is 0 Å². The zero-order valence-corrected chi connectivity index (χ0v) is 14.4. The molecule has 0 amide bonds. The lowest BCUT2D eigenvalue weighted by Gasteiger charge is -2.36. The molecule has 0 aromatic rings. The molecule has 0 radical (unpaired) electrons. The van der Waals surface area contributed by atoms with Gasteiger partial charge in [0.15, 0.2) is 8.32 Å². The highest BCUT2D eigenvalue weighted by molar-refractivity contribution is 6.74. The maximum atomic E-state index is 9.82. The first kappa shape index (κ1) is 18.1. The van der Waals surface area contributed by atoms with Crippen molar-refractivity contribution in [3.05, 3.63) is 0 Å². The summed E-state index contributed by atoms with van der Waals surface area (Å²) in [4.78, 5) is 0. The third kappa shape index (κ3) is 7.55. The largest absolute Gasteiger partial charge is 0.417 e. The highest BCUT2D eigenvalue weighted by Crippen LogP contribution is 2.36. The van der Waals surface area contributed by atoms with E-state index < -0.39 is 8.32 Å². The van der Waals surface area contributed by atoms with E-state index in [0.29, 0.717) is 0 Å². The Hall–Kier alpha value is 0.137. The van der Waals surface area contributed by atoms with Gasteiger partial charge in [0.25, 0.3) is 0 Å². The first-order chi connectivity index (χ1) is 8.20. The minimum atomic E-state index is -1.59. The van der Waals surface area contributed by atoms with Gasteiger partial charge in [-0.1, -0.05) is 47.0 Å². The van der Waals surface area contributed by atoms with Gasteiger partial charge >= 0.3 is 0 Å². The van der Waals surface area contributed by atoms with Gasteiger partial charge in [-0.15, -0.1) is 0 Å². The molecule has 0 aromatic carbocycles. The van der Waals surface area contributed by atoms with E-state index in [1.165, 1.54) is 12.8 Å². The SMILES string of the molecule is CCCCCC(O)CCCO[Si](C)(C)C(C)(C)C. The fourth-order valence-corrected chi connectivity index (χ4v) is 2.72. The first-order valence-electron chi connectivity index (χ1n) is 7.52. The van der Waals surface area contributed by atoms with Crippen LogP contribution in [0.4, 0.5) is 0 Å². The molecule has 110 valence electrons. The molecular formula is C15H34O2Si. The summed E-state index contributed by atoms with van der Waals surface area (Å²) in [6.45, 7) is 14.4. The van der Waals surface area contributed by atoms with Gasteiger partial charge in [-0.3, -0.25) is 0 Å². The van der Waals surface area contributed by atoms with Crippen molar-refractivity contribution >= 4 is 8.32 Å². The number of aliphatic hydroxyl groups is 1. The summed E-state index contributed by atoms with van der Waals surface area (Å²) in [5.74, 6) is 0. The van der Waals surface area contributed by atoms with E-state index in [1.54, 1.807) is 0 Å². The van der Waals surface area contributed by atoms with Gasteiger partial charge in [0.2, 0.25) is 0 Å². The molecule has 2 nitrogen and oxygen atoms in total. The molecule has 1 atom stereocenters. The van der Waals surface area contributed by atoms with Crippen molar-refractivity contribution in [1.29, 1.82) is 0 Å². The minimum Gasteiger partial charge on any atom is -0.417 e. The third-order valence-corrected chi connectivity index (χ3v) is 8.63. The lowest BCUT2D eigenvalue weighted by Crippen LogP contribution is -2.41. The normalized spacial score (nSPS) is 14.8. The first-order valence-corrected chi connectivity index (χ1v) is 10.4. The molecular weight excluding hydrogens is 240 g/mol. The molecule has 0 aliphatic rings. The molecule has 0 saturated heterocycles. The molecule has 3 heteroatoms. The van der Waals surface area contributed by atoms with Gasteiger partial charge in [-0.05, 0) is 37.4 Å². The minimum absolute atomic E-state index is 0.125. The van der Waals surface area contributed by atoms with Crippen molar-refractivity contribution in [2.24, 2.45) is 0 Å². The zero-order chi connectivity index (χ0) is 14.2. The summed E-state index contributed by atoms with van der Waals surface area (Å²) >= 11 is 0. The third-order valence-electron chi connectivity index (χ3n) is 4.09. The van der Waals surface area contributed by atoms with Crippen molar-refractivity contribution < 1.29 is 9.53 Å². The maximum Gasteiger partial charge on any atom is 0.191 e. The maximum absolute atomic E-state index is 9.82. The summed E-state index contributed by atoms with van der Waals surface area (Å²) in [5, 5.41) is 10.1. The zero-order valence-electron chi connectivity index (χ0n) is 13.4. The lowest BCUT2D eigenvalue weighted by atomic mass is 10.1. The molecule has 0 aliphatic heterocycles. The standard InChI is InChI=1S/C15H34O2Si/c1-7-8-9-11-14(16)12-10-13-17-18(5,6)15(2,3)4/h14,16H,7-13H2,1-6H3. The predicted octanol–water partition coefficient (Wildman–Crippen LogP) is 4.73. The number of hydrogen-bond acceptors (Lipinski definition) is 2. The number of rotatable bonds is 9. The number of aliphatic hydroxyl groups excluding tert-OH is 1. The quantitative estimate of drug-likeness (QED) is 0.486. The smallest absolute Gasteiger partial charge is 0.191 e. The lowest BCUT2D eigenvalue weighted by molar-refractivity contribution is 0.139. The van der Waals surface area contributed by atoms with Gasteiger partial charge < -0.3 is 9.53 Å². The summed E-state index contributed by atoms with van der Waals surface area (Å²) in [7, 11) is -1.59. The van der Waals surface area contributed by atoms with Crippen molar-refractivity contribution in [3.63, 3.8) is 0 Å². The van der Waals surface area contributed by atoms with Crippen LogP contribution >= 0.6 is 0 Å². The molecule has 1 N–H and O–H groups in total. The van der Waals surface area contributed by atoms with E-state index in [2.05, 4.69) is 40.8 Å². The monoisotopic (exact) mass is 274 g/mol. The summed E-state index contributed by atoms with van der Waals surface area (Å²) in [6.07, 6.45) is 6.31. The van der Waals surface area contributed by atoms with Crippen molar-refractivity contribution in [3.8, 4) is 0 Å². The highest BCUT2D eigenvalue weighted by Gasteiger charge is 2.36. The van der Waals surface area contributed by atoms with E-state index >= 15 is 0 Å². The number of unbranched alkanes of at least 4 members (excludes halogenated alkanes) is 2. The molecule has 0 aliphatic carbocycles. The van der Waals surface area contributed by atoms with Crippen LogP contribution in [0.15, 0.2) is 0 Å². The average Bonchev–Trinajstić information content (AvgIpc) is 2.23. The topological polar surface area (TPSA) is 29.5 Å². The van der Waals surface area contributed by atoms with Crippen molar-refractivity contribution in [1.82, 2.24) is 0 Å². The molecule has 0 bridgehead atoms. The van der Waals surface area contributed by atoms with E-state index in [9.17, 15) is 5.11 Å². The van der Waals surface area contributed by atoms with Crippen LogP contribution in [0.25, 0.3) is 0 Å². The summed E-state index contributed by atoms with van der Waals surface area (Å²) < 4.78 is 6.10. The molecule has 0 spiro atoms. The Morgan fingerprint density at radius 3 is 2.11 bits per heavy atom. The van der Waals surface area contributed by atoms with Crippen LogP contribution in [0.3, 0.4) is 0 Å². The Labute approximate surface area is 115 Å². The molecule has 1 unspecified atom stereocenters. The van der Waals surface area contributed by atoms with E-state index in [4.69, 9.17) is 4.43 Å². The Kier molecular flexibility index (Phi) is 8.40. The van der Waals surface area contributed by atoms with Crippen LogP contribution in [0.1, 0.15) is 66.2 Å². The van der Waals surface area contributed by atoms with E-state index in [0.717, 1.165) is 32.3 Å². The van der Waals surface area contributed by atoms with Crippen LogP contribution in [-0.4, -0.2) is 26.1 Å². The Bertz CT molecular complexity index is 209. The number of hydrogen-bond donors (Lipinski definition) is 1. The molecule has 0 saturated carbocycles. The van der Waals surface area contributed by atoms with Gasteiger partial charge in [-0.2, -0.15) is 0 Å². The Balaban J connectivity index is 3.67. The predicted molar refractivity (Wildman–Crippen MR) is 82.5 cm³/mol. The van der Waals surface area contributed by atoms with Crippen LogP contribution in [-0.2, 0) is 4.43 Å². The van der Waals surface area contributed by atoms with Crippen LogP contribution in [0.5, 0.6) is 0 Å². The van der Waals surface area contributed by atoms with E-state index in [-0.39, 0.29) is 11.1 Å². The van der Waals surface area contributed by atoms with Crippen molar-refractivity contribution in [2.45, 2.75) is 90.5 Å². The van der Waals surface area contributed by atoms with Crippen LogP contribution in [0.2, 0.25) is 18.1 Å². The van der Waals surface area contributed by atoms with Crippen LogP contribution in [0, 0.1) is 0 Å². The molecule has 0 fully saturated rings.